The molecule has 188 valence electrons. The van der Waals surface area contributed by atoms with Gasteiger partial charge in [-0.1, -0.05) is 12.1 Å². The Kier molecular flexibility index (Phi) is 8.57. The van der Waals surface area contributed by atoms with Gasteiger partial charge in [-0.15, -0.1) is 0 Å². The van der Waals surface area contributed by atoms with E-state index in [2.05, 4.69) is 0 Å². The number of hydrogen-bond acceptors (Lipinski definition) is 6. The van der Waals surface area contributed by atoms with E-state index in [1.807, 2.05) is 71.0 Å². The zero-order valence-electron chi connectivity index (χ0n) is 21.4. The Hall–Kier alpha value is -3.32. The van der Waals surface area contributed by atoms with Crippen LogP contribution in [0.15, 0.2) is 54.1 Å². The van der Waals surface area contributed by atoms with Gasteiger partial charge in [0.25, 0.3) is 11.7 Å². The number of Topliss-reactive ketones (excluding diaryl/α,β-unsaturated/α-hetero) is 1. The van der Waals surface area contributed by atoms with E-state index in [9.17, 15) is 14.7 Å². The minimum absolute atomic E-state index is 0.0181. The number of rotatable bonds is 10. The number of carbonyl (C=O) groups is 2. The summed E-state index contributed by atoms with van der Waals surface area (Å²) in [6.07, 6.45) is 0.747. The second kappa shape index (κ2) is 11.4. The second-order valence-electron chi connectivity index (χ2n) is 9.58. The SMILES string of the molecule is CC(C)Oc1ccc(/C(O)=C2\C(=O)C(=O)N(CCCN(C)C)C2c2ccc(OC(C)C)cc2)cc1. The first-order valence-electron chi connectivity index (χ1n) is 12.0. The third-order valence-electron chi connectivity index (χ3n) is 5.61. The minimum Gasteiger partial charge on any atom is -0.507 e. The van der Waals surface area contributed by atoms with Crippen molar-refractivity contribution in [2.75, 3.05) is 27.2 Å². The lowest BCUT2D eigenvalue weighted by atomic mass is 9.95. The molecule has 0 saturated carbocycles. The fourth-order valence-corrected chi connectivity index (χ4v) is 4.13. The van der Waals surface area contributed by atoms with E-state index in [0.717, 1.165) is 12.1 Å². The van der Waals surface area contributed by atoms with E-state index in [0.29, 0.717) is 30.0 Å². The van der Waals surface area contributed by atoms with Gasteiger partial charge in [0.15, 0.2) is 0 Å². The van der Waals surface area contributed by atoms with E-state index in [1.54, 1.807) is 29.2 Å². The Labute approximate surface area is 207 Å². The van der Waals surface area contributed by atoms with Gasteiger partial charge in [0.05, 0.1) is 23.8 Å². The predicted octanol–water partition coefficient (Wildman–Crippen LogP) is 4.63. The number of ether oxygens (including phenoxy) is 2. The Morgan fingerprint density at radius 1 is 0.914 bits per heavy atom. The van der Waals surface area contributed by atoms with E-state index in [1.165, 1.54) is 0 Å². The highest BCUT2D eigenvalue weighted by Crippen LogP contribution is 2.40. The van der Waals surface area contributed by atoms with E-state index in [4.69, 9.17) is 9.47 Å². The van der Waals surface area contributed by atoms with Crippen molar-refractivity contribution in [2.45, 2.75) is 52.4 Å². The van der Waals surface area contributed by atoms with Crippen LogP contribution in [0.4, 0.5) is 0 Å². The lowest BCUT2D eigenvalue weighted by Gasteiger charge is -2.26. The Morgan fingerprint density at radius 2 is 1.43 bits per heavy atom. The van der Waals surface area contributed by atoms with Gasteiger partial charge < -0.3 is 24.4 Å². The molecule has 1 aliphatic rings. The number of ketones is 1. The van der Waals surface area contributed by atoms with Crippen molar-refractivity contribution in [1.82, 2.24) is 9.80 Å². The summed E-state index contributed by atoms with van der Waals surface area (Å²) in [4.78, 5) is 29.8. The first-order valence-corrected chi connectivity index (χ1v) is 12.0. The maximum Gasteiger partial charge on any atom is 0.295 e. The zero-order valence-corrected chi connectivity index (χ0v) is 21.4. The summed E-state index contributed by atoms with van der Waals surface area (Å²) >= 11 is 0. The summed E-state index contributed by atoms with van der Waals surface area (Å²) in [7, 11) is 3.93. The number of aliphatic hydroxyl groups excluding tert-OH is 1. The molecule has 0 radical (unpaired) electrons. The Bertz CT molecular complexity index is 1060. The maximum atomic E-state index is 13.2. The summed E-state index contributed by atoms with van der Waals surface area (Å²) in [5, 5.41) is 11.2. The van der Waals surface area contributed by atoms with Crippen molar-refractivity contribution < 1.29 is 24.2 Å². The van der Waals surface area contributed by atoms with Gasteiger partial charge in [0.2, 0.25) is 0 Å². The fourth-order valence-electron chi connectivity index (χ4n) is 4.13. The zero-order chi connectivity index (χ0) is 25.7. The molecule has 0 bridgehead atoms. The Morgan fingerprint density at radius 3 is 1.91 bits per heavy atom. The third-order valence-corrected chi connectivity index (χ3v) is 5.61. The molecule has 2 aromatic carbocycles. The predicted molar refractivity (Wildman–Crippen MR) is 137 cm³/mol. The van der Waals surface area contributed by atoms with Crippen LogP contribution in [-0.4, -0.2) is 66.0 Å². The van der Waals surface area contributed by atoms with Crippen molar-refractivity contribution >= 4 is 17.4 Å². The number of amides is 1. The van der Waals surface area contributed by atoms with Gasteiger partial charge in [-0.2, -0.15) is 0 Å². The van der Waals surface area contributed by atoms with Crippen molar-refractivity contribution in [2.24, 2.45) is 0 Å². The molecule has 1 saturated heterocycles. The molecule has 0 aliphatic carbocycles. The van der Waals surface area contributed by atoms with E-state index < -0.39 is 17.7 Å². The summed E-state index contributed by atoms with van der Waals surface area (Å²) in [6, 6.07) is 13.6. The lowest BCUT2D eigenvalue weighted by molar-refractivity contribution is -0.139. The quantitative estimate of drug-likeness (QED) is 0.303. The van der Waals surface area contributed by atoms with Gasteiger partial charge >= 0.3 is 0 Å². The molecule has 0 aromatic heterocycles. The topological polar surface area (TPSA) is 79.3 Å². The maximum absolute atomic E-state index is 13.2. The molecule has 1 N–H and O–H groups in total. The van der Waals surface area contributed by atoms with E-state index >= 15 is 0 Å². The van der Waals surface area contributed by atoms with Gasteiger partial charge in [0, 0.05) is 12.1 Å². The number of aliphatic hydroxyl groups is 1. The normalized spacial score (nSPS) is 17.6. The van der Waals surface area contributed by atoms with Crippen molar-refractivity contribution in [3.8, 4) is 11.5 Å². The summed E-state index contributed by atoms with van der Waals surface area (Å²) in [6.45, 7) is 8.94. The average molecular weight is 481 g/mol. The number of hydrogen-bond donors (Lipinski definition) is 1. The molecule has 1 heterocycles. The van der Waals surface area contributed by atoms with E-state index in [-0.39, 0.29) is 23.5 Å². The van der Waals surface area contributed by atoms with Crippen LogP contribution in [0.1, 0.15) is 51.3 Å². The average Bonchev–Trinajstić information content (AvgIpc) is 3.04. The standard InChI is InChI=1S/C28H36N2O5/c1-18(2)34-22-12-8-20(9-13-22)25-24(27(32)28(33)30(25)17-7-16-29(5)6)26(31)21-10-14-23(15-11-21)35-19(3)4/h8-15,18-19,25,31H,7,16-17H2,1-6H3/b26-24+. The molecule has 1 amide bonds. The van der Waals surface area contributed by atoms with Gasteiger partial charge in [-0.05, 0) is 96.7 Å². The van der Waals surface area contributed by atoms with Crippen molar-refractivity contribution in [1.29, 1.82) is 0 Å². The molecule has 35 heavy (non-hydrogen) atoms. The van der Waals surface area contributed by atoms with Crippen LogP contribution in [0.3, 0.4) is 0 Å². The molecule has 7 nitrogen and oxygen atoms in total. The summed E-state index contributed by atoms with van der Waals surface area (Å²) in [5.41, 5.74) is 1.29. The van der Waals surface area contributed by atoms with Gasteiger partial charge in [-0.3, -0.25) is 9.59 Å². The van der Waals surface area contributed by atoms with Crippen LogP contribution in [0, 0.1) is 0 Å². The van der Waals surface area contributed by atoms with Crippen LogP contribution in [0.2, 0.25) is 0 Å². The van der Waals surface area contributed by atoms with Crippen LogP contribution >= 0.6 is 0 Å². The highest BCUT2D eigenvalue weighted by Gasteiger charge is 2.45. The third kappa shape index (κ3) is 6.42. The van der Waals surface area contributed by atoms with Crippen molar-refractivity contribution in [3.63, 3.8) is 0 Å². The molecule has 7 heteroatoms. The smallest absolute Gasteiger partial charge is 0.295 e. The number of likely N-dealkylation sites (tertiary alicyclic amines) is 1. The molecule has 2 aromatic rings. The highest BCUT2D eigenvalue weighted by atomic mass is 16.5. The van der Waals surface area contributed by atoms with Crippen LogP contribution in [0.5, 0.6) is 11.5 Å². The van der Waals surface area contributed by atoms with Crippen LogP contribution in [-0.2, 0) is 9.59 Å². The molecule has 1 aliphatic heterocycles. The minimum atomic E-state index is -0.683. The number of carbonyl (C=O) groups excluding carboxylic acids is 2. The molecule has 1 fully saturated rings. The number of nitrogens with zero attached hydrogens (tertiary/aromatic N) is 2. The van der Waals surface area contributed by atoms with Gasteiger partial charge in [0.1, 0.15) is 17.3 Å². The molecular weight excluding hydrogens is 444 g/mol. The molecule has 1 unspecified atom stereocenters. The Balaban J connectivity index is 2.02. The highest BCUT2D eigenvalue weighted by molar-refractivity contribution is 6.46. The second-order valence-corrected chi connectivity index (χ2v) is 9.58. The monoisotopic (exact) mass is 480 g/mol. The van der Waals surface area contributed by atoms with Crippen LogP contribution in [0.25, 0.3) is 5.76 Å². The molecule has 3 rings (SSSR count). The summed E-state index contributed by atoms with van der Waals surface area (Å²) < 4.78 is 11.4. The van der Waals surface area contributed by atoms with Crippen LogP contribution < -0.4 is 9.47 Å². The van der Waals surface area contributed by atoms with Crippen molar-refractivity contribution in [3.05, 3.63) is 65.2 Å². The fraction of sp³-hybridized carbons (Fsp3) is 0.429. The number of benzene rings is 2. The molecular formula is C28H36N2O5. The lowest BCUT2D eigenvalue weighted by Crippen LogP contribution is -2.32. The largest absolute Gasteiger partial charge is 0.507 e. The van der Waals surface area contributed by atoms with Gasteiger partial charge in [-0.25, -0.2) is 0 Å². The first-order chi connectivity index (χ1) is 16.6. The first kappa shape index (κ1) is 26.3. The molecule has 0 spiro atoms. The summed E-state index contributed by atoms with van der Waals surface area (Å²) in [5.74, 6) is -0.103. The molecule has 1 atom stereocenters.